The van der Waals surface area contributed by atoms with Crippen LogP contribution in [-0.2, 0) is 6.61 Å². The van der Waals surface area contributed by atoms with Crippen molar-refractivity contribution in [3.8, 4) is 5.19 Å². The van der Waals surface area contributed by atoms with Gasteiger partial charge in [-0.05, 0) is 17.7 Å². The number of benzene rings is 1. The Hall–Kier alpha value is -1.26. The molecule has 0 bridgehead atoms. The molecule has 15 heavy (non-hydrogen) atoms. The summed E-state index contributed by atoms with van der Waals surface area (Å²) in [7, 11) is 0. The predicted molar refractivity (Wildman–Crippen MR) is 62.3 cm³/mol. The van der Waals surface area contributed by atoms with Crippen molar-refractivity contribution in [2.75, 3.05) is 5.73 Å². The lowest BCUT2D eigenvalue weighted by Crippen LogP contribution is -1.94. The molecule has 0 aliphatic rings. The lowest BCUT2D eigenvalue weighted by atomic mass is 10.2. The number of ether oxygens (including phenoxy) is 1. The van der Waals surface area contributed by atoms with E-state index >= 15 is 0 Å². The van der Waals surface area contributed by atoms with Gasteiger partial charge >= 0.3 is 0 Å². The fraction of sp³-hybridized carbons (Fsp3) is 0.100. The second kappa shape index (κ2) is 4.51. The number of nitrogens with zero attached hydrogens (tertiary/aromatic N) is 1. The summed E-state index contributed by atoms with van der Waals surface area (Å²) in [5.41, 5.74) is 6.58. The Balaban J connectivity index is 1.96. The Kier molecular flexibility index (Phi) is 3.08. The highest BCUT2D eigenvalue weighted by Gasteiger charge is 2.00. The molecule has 3 nitrogen and oxygen atoms in total. The van der Waals surface area contributed by atoms with Gasteiger partial charge in [0.2, 0.25) is 0 Å². The van der Waals surface area contributed by atoms with Gasteiger partial charge in [-0.2, -0.15) is 0 Å². The quantitative estimate of drug-likeness (QED) is 0.897. The number of nitrogens with two attached hydrogens (primary N) is 1. The molecule has 0 atom stereocenters. The standard InChI is InChI=1S/C10H9ClN2OS/c11-8-3-1-7(2-4-8)6-14-10-13-5-9(12)15-10/h1-5H,6,12H2. The molecule has 0 aliphatic carbocycles. The van der Waals surface area contributed by atoms with E-state index in [2.05, 4.69) is 4.98 Å². The van der Waals surface area contributed by atoms with Crippen LogP contribution in [0.3, 0.4) is 0 Å². The zero-order chi connectivity index (χ0) is 10.7. The van der Waals surface area contributed by atoms with E-state index in [1.807, 2.05) is 24.3 Å². The average Bonchev–Trinajstić information content (AvgIpc) is 2.64. The Morgan fingerprint density at radius 2 is 2.07 bits per heavy atom. The minimum absolute atomic E-state index is 0.476. The van der Waals surface area contributed by atoms with Gasteiger partial charge in [0.25, 0.3) is 5.19 Å². The summed E-state index contributed by atoms with van der Waals surface area (Å²) >= 11 is 7.09. The molecule has 78 valence electrons. The Morgan fingerprint density at radius 1 is 1.33 bits per heavy atom. The van der Waals surface area contributed by atoms with Crippen LogP contribution in [0, 0.1) is 0 Å². The fourth-order valence-corrected chi connectivity index (χ4v) is 1.72. The fourth-order valence-electron chi connectivity index (χ4n) is 1.06. The van der Waals surface area contributed by atoms with Crippen molar-refractivity contribution in [3.63, 3.8) is 0 Å². The number of hydrogen-bond donors (Lipinski definition) is 1. The summed E-state index contributed by atoms with van der Waals surface area (Å²) in [6, 6.07) is 7.49. The monoisotopic (exact) mass is 240 g/mol. The average molecular weight is 241 g/mol. The van der Waals surface area contributed by atoms with Crippen LogP contribution in [0.2, 0.25) is 5.02 Å². The first-order valence-electron chi connectivity index (χ1n) is 4.32. The highest BCUT2D eigenvalue weighted by molar-refractivity contribution is 7.17. The first kappa shape index (κ1) is 10.3. The molecule has 0 saturated heterocycles. The number of nitrogen functional groups attached to an aromatic ring is 1. The summed E-state index contributed by atoms with van der Waals surface area (Å²) in [6.07, 6.45) is 1.59. The van der Waals surface area contributed by atoms with Crippen LogP contribution in [0.4, 0.5) is 5.00 Å². The summed E-state index contributed by atoms with van der Waals surface area (Å²) in [6.45, 7) is 0.476. The second-order valence-corrected chi connectivity index (χ2v) is 4.40. The third-order valence-electron chi connectivity index (χ3n) is 1.78. The molecule has 1 aromatic heterocycles. The van der Waals surface area contributed by atoms with Crippen LogP contribution in [0.25, 0.3) is 0 Å². The number of rotatable bonds is 3. The van der Waals surface area contributed by atoms with Crippen molar-refractivity contribution in [1.29, 1.82) is 0 Å². The molecule has 0 radical (unpaired) electrons. The number of aromatic nitrogens is 1. The number of thiazole rings is 1. The van der Waals surface area contributed by atoms with Crippen LogP contribution in [0.1, 0.15) is 5.56 Å². The molecular weight excluding hydrogens is 232 g/mol. The molecule has 1 aromatic carbocycles. The molecule has 0 unspecified atom stereocenters. The molecule has 0 fully saturated rings. The van der Waals surface area contributed by atoms with E-state index in [-0.39, 0.29) is 0 Å². The van der Waals surface area contributed by atoms with Crippen molar-refractivity contribution >= 4 is 27.9 Å². The number of anilines is 1. The maximum Gasteiger partial charge on any atom is 0.275 e. The van der Waals surface area contributed by atoms with Gasteiger partial charge in [0.15, 0.2) is 0 Å². The van der Waals surface area contributed by atoms with Crippen molar-refractivity contribution < 1.29 is 4.74 Å². The first-order valence-corrected chi connectivity index (χ1v) is 5.52. The minimum Gasteiger partial charge on any atom is -0.465 e. The Bertz CT molecular complexity index is 441. The number of hydrogen-bond acceptors (Lipinski definition) is 4. The largest absolute Gasteiger partial charge is 0.465 e. The topological polar surface area (TPSA) is 48.1 Å². The van der Waals surface area contributed by atoms with Crippen LogP contribution >= 0.6 is 22.9 Å². The molecule has 0 saturated carbocycles. The SMILES string of the molecule is Nc1cnc(OCc2ccc(Cl)cc2)s1. The highest BCUT2D eigenvalue weighted by Crippen LogP contribution is 2.23. The minimum atomic E-state index is 0.476. The normalized spacial score (nSPS) is 10.2. The lowest BCUT2D eigenvalue weighted by molar-refractivity contribution is 0.304. The van der Waals surface area contributed by atoms with Gasteiger partial charge in [-0.15, -0.1) is 0 Å². The highest BCUT2D eigenvalue weighted by atomic mass is 35.5. The van der Waals surface area contributed by atoms with Gasteiger partial charge in [0.05, 0.1) is 6.20 Å². The molecule has 2 rings (SSSR count). The second-order valence-electron chi connectivity index (χ2n) is 2.94. The van der Waals surface area contributed by atoms with E-state index in [9.17, 15) is 0 Å². The zero-order valence-corrected chi connectivity index (χ0v) is 9.39. The Labute approximate surface area is 96.5 Å². The van der Waals surface area contributed by atoms with E-state index < -0.39 is 0 Å². The van der Waals surface area contributed by atoms with E-state index in [0.717, 1.165) is 10.6 Å². The van der Waals surface area contributed by atoms with E-state index in [1.54, 1.807) is 6.20 Å². The van der Waals surface area contributed by atoms with Gasteiger partial charge < -0.3 is 10.5 Å². The zero-order valence-electron chi connectivity index (χ0n) is 7.81. The third-order valence-corrected chi connectivity index (χ3v) is 2.77. The summed E-state index contributed by atoms with van der Waals surface area (Å²) in [5.74, 6) is 0. The van der Waals surface area contributed by atoms with Crippen LogP contribution in [0.5, 0.6) is 5.19 Å². The molecule has 0 aliphatic heterocycles. The van der Waals surface area contributed by atoms with Gasteiger partial charge in [0.1, 0.15) is 11.6 Å². The van der Waals surface area contributed by atoms with Crippen molar-refractivity contribution in [2.24, 2.45) is 0 Å². The molecule has 2 aromatic rings. The molecule has 5 heteroatoms. The van der Waals surface area contributed by atoms with Gasteiger partial charge in [-0.1, -0.05) is 35.1 Å². The Morgan fingerprint density at radius 3 is 2.67 bits per heavy atom. The maximum atomic E-state index is 5.76. The summed E-state index contributed by atoms with van der Waals surface area (Å²) in [4.78, 5) is 3.99. The van der Waals surface area contributed by atoms with Gasteiger partial charge in [-0.25, -0.2) is 4.98 Å². The smallest absolute Gasteiger partial charge is 0.275 e. The molecular formula is C10H9ClN2OS. The third kappa shape index (κ3) is 2.84. The van der Waals surface area contributed by atoms with Crippen molar-refractivity contribution in [1.82, 2.24) is 4.98 Å². The molecule has 2 N–H and O–H groups in total. The van der Waals surface area contributed by atoms with Crippen LogP contribution < -0.4 is 10.5 Å². The molecule has 1 heterocycles. The van der Waals surface area contributed by atoms with E-state index in [4.69, 9.17) is 22.1 Å². The lowest BCUT2D eigenvalue weighted by Gasteiger charge is -2.01. The van der Waals surface area contributed by atoms with Crippen LogP contribution in [0.15, 0.2) is 30.5 Å². The summed E-state index contributed by atoms with van der Waals surface area (Å²) in [5, 5.41) is 1.96. The summed E-state index contributed by atoms with van der Waals surface area (Å²) < 4.78 is 5.44. The van der Waals surface area contributed by atoms with E-state index in [1.165, 1.54) is 11.3 Å². The molecule has 0 spiro atoms. The van der Waals surface area contributed by atoms with Crippen molar-refractivity contribution in [2.45, 2.75) is 6.61 Å². The van der Waals surface area contributed by atoms with Gasteiger partial charge in [-0.3, -0.25) is 0 Å². The number of halogens is 1. The van der Waals surface area contributed by atoms with Crippen LogP contribution in [-0.4, -0.2) is 4.98 Å². The first-order chi connectivity index (χ1) is 7.24. The predicted octanol–water partition coefficient (Wildman–Crippen LogP) is 2.96. The van der Waals surface area contributed by atoms with Crippen molar-refractivity contribution in [3.05, 3.63) is 41.0 Å². The molecule has 0 amide bonds. The van der Waals surface area contributed by atoms with Gasteiger partial charge in [0, 0.05) is 5.02 Å². The van der Waals surface area contributed by atoms with E-state index in [0.29, 0.717) is 16.8 Å². The maximum absolute atomic E-state index is 5.76.